The molecule has 3 N–H and O–H groups in total. The lowest BCUT2D eigenvalue weighted by Gasteiger charge is -2.22. The van der Waals surface area contributed by atoms with E-state index in [9.17, 15) is 24.3 Å². The summed E-state index contributed by atoms with van der Waals surface area (Å²) >= 11 is 5.84. The van der Waals surface area contributed by atoms with Crippen molar-refractivity contribution in [3.63, 3.8) is 0 Å². The minimum Gasteiger partial charge on any atom is -0.493 e. The second kappa shape index (κ2) is 8.98. The van der Waals surface area contributed by atoms with Crippen LogP contribution >= 0.6 is 11.6 Å². The molecule has 32 heavy (non-hydrogen) atoms. The molecule has 0 aliphatic rings. The zero-order valence-electron chi connectivity index (χ0n) is 16.9. The lowest BCUT2D eigenvalue weighted by atomic mass is 10.0. The smallest absolute Gasteiger partial charge is 0.328 e. The number of aromatic amines is 2. The first-order valence-corrected chi connectivity index (χ1v) is 9.56. The van der Waals surface area contributed by atoms with E-state index < -0.39 is 34.3 Å². The van der Waals surface area contributed by atoms with Crippen LogP contribution in [-0.4, -0.2) is 32.4 Å². The van der Waals surface area contributed by atoms with E-state index >= 15 is 0 Å². The lowest BCUT2D eigenvalue weighted by Crippen LogP contribution is -2.36. The third-order valence-electron chi connectivity index (χ3n) is 4.25. The van der Waals surface area contributed by atoms with Crippen LogP contribution in [0, 0.1) is 0 Å². The molecule has 0 atom stereocenters. The molecule has 0 aliphatic heterocycles. The first kappa shape index (κ1) is 22.6. The number of nitrogens with zero attached hydrogens (tertiary/aromatic N) is 2. The number of H-pyrrole nitrogens is 2. The van der Waals surface area contributed by atoms with Gasteiger partial charge in [-0.15, -0.1) is 10.2 Å². The number of amides is 1. The molecule has 0 spiro atoms. The maximum Gasteiger partial charge on any atom is 0.328 e. The summed E-state index contributed by atoms with van der Waals surface area (Å²) in [5.41, 5.74) is -3.17. The first-order valence-electron chi connectivity index (χ1n) is 9.18. The standard InChI is InChI=1S/C21H17ClN4O6/c1-21(2,19(30)26-25-15-17(28)23-20(31)24-18(15)29)32-14-9-5-12(6-10-14)16(27)11-3-7-13(22)8-4-11/h3-10H,1-2H3,(H3,23,24,28,29,31). The Hall–Kier alpha value is -4.05. The predicted octanol–water partition coefficient (Wildman–Crippen LogP) is 3.12. The molecule has 1 heterocycles. The second-order valence-electron chi connectivity index (χ2n) is 7.08. The molecule has 11 heteroatoms. The molecule has 164 valence electrons. The normalized spacial score (nSPS) is 11.5. The molecule has 2 aromatic carbocycles. The minimum atomic E-state index is -1.49. The molecule has 0 aliphatic carbocycles. The molecule has 1 aromatic heterocycles. The summed E-state index contributed by atoms with van der Waals surface area (Å²) in [6.07, 6.45) is 0. The molecule has 0 saturated heterocycles. The number of nitrogens with one attached hydrogen (secondary N) is 2. The Morgan fingerprint density at radius 1 is 0.969 bits per heavy atom. The van der Waals surface area contributed by atoms with Crippen molar-refractivity contribution in [1.29, 1.82) is 0 Å². The number of carbonyl (C=O) groups is 2. The molecular formula is C21H17ClN4O6. The van der Waals surface area contributed by atoms with Gasteiger partial charge in [-0.25, -0.2) is 4.79 Å². The van der Waals surface area contributed by atoms with Crippen LogP contribution < -0.4 is 16.0 Å². The van der Waals surface area contributed by atoms with Crippen molar-refractivity contribution >= 4 is 29.0 Å². The van der Waals surface area contributed by atoms with Crippen molar-refractivity contribution in [2.24, 2.45) is 10.2 Å². The average Bonchev–Trinajstić information content (AvgIpc) is 2.73. The van der Waals surface area contributed by atoms with E-state index in [1.54, 1.807) is 36.4 Å². The van der Waals surface area contributed by atoms with Gasteiger partial charge in [-0.2, -0.15) is 0 Å². The van der Waals surface area contributed by atoms with E-state index in [0.29, 0.717) is 16.1 Å². The Balaban J connectivity index is 1.72. The number of rotatable bonds is 6. The van der Waals surface area contributed by atoms with Crippen LogP contribution in [0.1, 0.15) is 29.8 Å². The minimum absolute atomic E-state index is 0.205. The molecule has 0 radical (unpaired) electrons. The Morgan fingerprint density at radius 3 is 2.09 bits per heavy atom. The fourth-order valence-corrected chi connectivity index (χ4v) is 2.68. The average molecular weight is 457 g/mol. The third kappa shape index (κ3) is 5.16. The maximum atomic E-state index is 12.5. The van der Waals surface area contributed by atoms with E-state index in [1.807, 2.05) is 9.97 Å². The van der Waals surface area contributed by atoms with Gasteiger partial charge in [0.2, 0.25) is 11.6 Å². The number of aromatic nitrogens is 2. The van der Waals surface area contributed by atoms with Crippen LogP contribution in [0.3, 0.4) is 0 Å². The highest BCUT2D eigenvalue weighted by atomic mass is 35.5. The molecule has 0 saturated carbocycles. The number of benzene rings is 2. The van der Waals surface area contributed by atoms with Gasteiger partial charge < -0.3 is 9.84 Å². The number of halogens is 1. The van der Waals surface area contributed by atoms with Gasteiger partial charge in [0, 0.05) is 16.1 Å². The van der Waals surface area contributed by atoms with E-state index in [-0.39, 0.29) is 11.5 Å². The third-order valence-corrected chi connectivity index (χ3v) is 4.50. The molecule has 0 fully saturated rings. The number of carbonyl (C=O) groups excluding carboxylic acids is 2. The topological polar surface area (TPSA) is 154 Å². The van der Waals surface area contributed by atoms with Crippen LogP contribution in [0.4, 0.5) is 5.69 Å². The summed E-state index contributed by atoms with van der Waals surface area (Å²) in [5, 5.41) is 16.9. The fraction of sp³-hybridized carbons (Fsp3) is 0.143. The molecular weight excluding hydrogens is 440 g/mol. The zero-order chi connectivity index (χ0) is 23.5. The summed E-state index contributed by atoms with van der Waals surface area (Å²) in [6.45, 7) is 2.86. The van der Waals surface area contributed by atoms with E-state index in [1.165, 1.54) is 26.0 Å². The van der Waals surface area contributed by atoms with Gasteiger partial charge in [0.05, 0.1) is 0 Å². The second-order valence-corrected chi connectivity index (χ2v) is 7.52. The highest BCUT2D eigenvalue weighted by Crippen LogP contribution is 2.23. The predicted molar refractivity (Wildman–Crippen MR) is 115 cm³/mol. The van der Waals surface area contributed by atoms with Crippen LogP contribution in [0.5, 0.6) is 11.6 Å². The maximum absolute atomic E-state index is 12.5. The number of hydrogen-bond acceptors (Lipinski definition) is 7. The van der Waals surface area contributed by atoms with Gasteiger partial charge in [-0.3, -0.25) is 24.4 Å². The summed E-state index contributed by atoms with van der Waals surface area (Å²) in [5.74, 6) is -1.60. The van der Waals surface area contributed by atoms with Crippen LogP contribution in [0.2, 0.25) is 5.02 Å². The summed E-state index contributed by atoms with van der Waals surface area (Å²) in [6, 6.07) is 12.6. The monoisotopic (exact) mass is 456 g/mol. The van der Waals surface area contributed by atoms with Crippen molar-refractivity contribution in [3.05, 3.63) is 85.5 Å². The Bertz CT molecular complexity index is 1310. The van der Waals surface area contributed by atoms with Crippen molar-refractivity contribution in [1.82, 2.24) is 9.97 Å². The van der Waals surface area contributed by atoms with Gasteiger partial charge >= 0.3 is 11.6 Å². The van der Waals surface area contributed by atoms with Crippen LogP contribution in [0.25, 0.3) is 0 Å². The van der Waals surface area contributed by atoms with Crippen molar-refractivity contribution in [3.8, 4) is 11.6 Å². The Morgan fingerprint density at radius 2 is 1.53 bits per heavy atom. The number of azo groups is 1. The molecule has 1 amide bonds. The summed E-state index contributed by atoms with van der Waals surface area (Å²) in [4.78, 5) is 51.4. The number of aromatic hydroxyl groups is 1. The molecule has 0 unspecified atom stereocenters. The Kier molecular flexibility index (Phi) is 6.35. The van der Waals surface area contributed by atoms with Gasteiger partial charge in [-0.05, 0) is 62.4 Å². The van der Waals surface area contributed by atoms with Crippen molar-refractivity contribution in [2.45, 2.75) is 19.4 Å². The summed E-state index contributed by atoms with van der Waals surface area (Å²) in [7, 11) is 0. The van der Waals surface area contributed by atoms with E-state index in [0.717, 1.165) is 0 Å². The summed E-state index contributed by atoms with van der Waals surface area (Å²) < 4.78 is 5.65. The van der Waals surface area contributed by atoms with Crippen molar-refractivity contribution < 1.29 is 19.4 Å². The van der Waals surface area contributed by atoms with Gasteiger partial charge in [0.25, 0.3) is 5.56 Å². The first-order chi connectivity index (χ1) is 15.1. The molecule has 3 rings (SSSR count). The van der Waals surface area contributed by atoms with E-state index in [2.05, 4.69) is 10.2 Å². The van der Waals surface area contributed by atoms with Gasteiger partial charge in [0.1, 0.15) is 5.75 Å². The van der Waals surface area contributed by atoms with Crippen molar-refractivity contribution in [2.75, 3.05) is 0 Å². The van der Waals surface area contributed by atoms with Crippen LogP contribution in [0.15, 0.2) is 68.3 Å². The highest BCUT2D eigenvalue weighted by molar-refractivity contribution is 6.30. The van der Waals surface area contributed by atoms with Crippen LogP contribution in [-0.2, 0) is 4.79 Å². The van der Waals surface area contributed by atoms with Gasteiger partial charge in [-0.1, -0.05) is 11.6 Å². The zero-order valence-corrected chi connectivity index (χ0v) is 17.6. The molecule has 3 aromatic rings. The molecule has 10 nitrogen and oxygen atoms in total. The highest BCUT2D eigenvalue weighted by Gasteiger charge is 2.30. The fourth-order valence-electron chi connectivity index (χ4n) is 2.56. The SMILES string of the molecule is CC(C)(Oc1ccc(C(=O)c2ccc(Cl)cc2)cc1)C(=O)N=Nc1c(O)[nH]c(=O)[nH]c1=O. The molecule has 0 bridgehead atoms. The largest absolute Gasteiger partial charge is 0.493 e. The number of hydrogen-bond donors (Lipinski definition) is 3. The number of ether oxygens (including phenoxy) is 1. The van der Waals surface area contributed by atoms with Gasteiger partial charge in [0.15, 0.2) is 11.4 Å². The number of ketones is 1. The Labute approximate surface area is 185 Å². The quantitative estimate of drug-likeness (QED) is 0.382. The van der Waals surface area contributed by atoms with E-state index in [4.69, 9.17) is 16.3 Å². The lowest BCUT2D eigenvalue weighted by molar-refractivity contribution is -0.131.